The zero-order valence-corrected chi connectivity index (χ0v) is 23.7. The number of ether oxygens (including phenoxy) is 1. The predicted molar refractivity (Wildman–Crippen MR) is 158 cm³/mol. The molecule has 11 heteroatoms. The fourth-order valence-electron chi connectivity index (χ4n) is 4.31. The van der Waals surface area contributed by atoms with Gasteiger partial charge in [-0.25, -0.2) is 4.79 Å². The minimum absolute atomic E-state index is 0.0572. The summed E-state index contributed by atoms with van der Waals surface area (Å²) in [4.78, 5) is 36.7. The number of anilines is 1. The van der Waals surface area contributed by atoms with Gasteiger partial charge in [0, 0.05) is 28.5 Å². The number of nitrogens with zero attached hydrogens (tertiary/aromatic N) is 2. The van der Waals surface area contributed by atoms with Crippen molar-refractivity contribution in [2.45, 2.75) is 26.4 Å². The molecule has 3 aromatic rings. The number of aryl methyl sites for hydroxylation is 1. The molecule has 3 aromatic carbocycles. The molecule has 0 radical (unpaired) electrons. The first kappa shape index (κ1) is 29.4. The average Bonchev–Trinajstić information content (AvgIpc) is 2.96. The van der Waals surface area contributed by atoms with E-state index in [-0.39, 0.29) is 35.1 Å². The number of carbonyl (C=O) groups excluding carboxylic acids is 2. The smallest absolute Gasteiger partial charge is 0.337 e. The third-order valence-electron chi connectivity index (χ3n) is 6.33. The highest BCUT2D eigenvalue weighted by Crippen LogP contribution is 2.41. The van der Waals surface area contributed by atoms with Crippen LogP contribution in [-0.2, 0) is 20.9 Å². The number of thioether (sulfide) groups is 1. The van der Waals surface area contributed by atoms with Crippen molar-refractivity contribution in [1.82, 2.24) is 5.32 Å². The Morgan fingerprint density at radius 2 is 1.83 bits per heavy atom. The van der Waals surface area contributed by atoms with Crippen LogP contribution >= 0.6 is 23.4 Å². The Morgan fingerprint density at radius 3 is 2.46 bits per heavy atom. The van der Waals surface area contributed by atoms with Crippen molar-refractivity contribution < 1.29 is 19.2 Å². The molecular formula is C30H25ClN4O5S. The number of amides is 1. The highest BCUT2D eigenvalue weighted by Gasteiger charge is 2.35. The number of hydrogen-bond donors (Lipinski definition) is 2. The normalized spacial score (nSPS) is 14.6. The van der Waals surface area contributed by atoms with Crippen molar-refractivity contribution in [3.63, 3.8) is 0 Å². The van der Waals surface area contributed by atoms with E-state index in [9.17, 15) is 25.0 Å². The number of nitrogens with one attached hydrogen (secondary N) is 2. The summed E-state index contributed by atoms with van der Waals surface area (Å²) in [6, 6.07) is 22.5. The van der Waals surface area contributed by atoms with E-state index in [1.54, 1.807) is 38.1 Å². The Bertz CT molecular complexity index is 1600. The Labute approximate surface area is 246 Å². The lowest BCUT2D eigenvalue weighted by Gasteiger charge is -2.29. The average molecular weight is 589 g/mol. The number of nitro groups is 1. The van der Waals surface area contributed by atoms with E-state index in [2.05, 4.69) is 16.7 Å². The molecule has 0 spiro atoms. The minimum Gasteiger partial charge on any atom is -0.457 e. The summed E-state index contributed by atoms with van der Waals surface area (Å²) in [6.45, 7) is 3.45. The maximum atomic E-state index is 13.4. The van der Waals surface area contributed by atoms with Crippen LogP contribution in [0.3, 0.4) is 0 Å². The molecule has 1 aliphatic rings. The van der Waals surface area contributed by atoms with Crippen LogP contribution in [0.2, 0.25) is 5.02 Å². The number of non-ortho nitro benzene ring substituents is 1. The van der Waals surface area contributed by atoms with Gasteiger partial charge in [0.2, 0.25) is 5.91 Å². The van der Waals surface area contributed by atoms with E-state index < -0.39 is 16.8 Å². The third kappa shape index (κ3) is 7.14. The number of hydrogen-bond acceptors (Lipinski definition) is 8. The lowest BCUT2D eigenvalue weighted by molar-refractivity contribution is -0.384. The molecule has 1 heterocycles. The quantitative estimate of drug-likeness (QED) is 0.167. The van der Waals surface area contributed by atoms with E-state index in [0.717, 1.165) is 17.3 Å². The highest BCUT2D eigenvalue weighted by molar-refractivity contribution is 8.03. The number of halogens is 1. The van der Waals surface area contributed by atoms with E-state index >= 15 is 0 Å². The lowest BCUT2D eigenvalue weighted by atomic mass is 9.82. The predicted octanol–water partition coefficient (Wildman–Crippen LogP) is 6.37. The Balaban J connectivity index is 1.57. The Kier molecular flexibility index (Phi) is 9.45. The second-order valence-electron chi connectivity index (χ2n) is 9.16. The van der Waals surface area contributed by atoms with Crippen LogP contribution in [0.25, 0.3) is 0 Å². The summed E-state index contributed by atoms with van der Waals surface area (Å²) in [7, 11) is 0. The van der Waals surface area contributed by atoms with Crippen LogP contribution in [0.5, 0.6) is 0 Å². The molecule has 0 aliphatic carbocycles. The van der Waals surface area contributed by atoms with Gasteiger partial charge in [0.05, 0.1) is 38.8 Å². The summed E-state index contributed by atoms with van der Waals surface area (Å²) < 4.78 is 5.63. The fraction of sp³-hybridized carbons (Fsp3) is 0.167. The van der Waals surface area contributed by atoms with Gasteiger partial charge in [0.15, 0.2) is 0 Å². The lowest BCUT2D eigenvalue weighted by Crippen LogP contribution is -2.29. The van der Waals surface area contributed by atoms with E-state index in [1.807, 2.05) is 30.3 Å². The maximum Gasteiger partial charge on any atom is 0.337 e. The van der Waals surface area contributed by atoms with Crippen molar-refractivity contribution in [2.75, 3.05) is 11.1 Å². The standard InChI is InChI=1S/C30H25ClN4O5S/c1-18-14-23(35(38)39)12-13-25(18)34-26(36)17-41-29-24(15-32)28(21-8-10-22(31)11-9-21)27(19(2)33-29)30(37)40-16-20-6-4-3-5-7-20/h3-14,28,33H,16-17H2,1-2H3,(H,34,36)/t28-/m0/s1. The van der Waals surface area contributed by atoms with Gasteiger partial charge in [-0.05, 0) is 48.7 Å². The van der Waals surface area contributed by atoms with E-state index in [1.165, 1.54) is 18.2 Å². The molecule has 1 atom stereocenters. The molecule has 208 valence electrons. The zero-order valence-electron chi connectivity index (χ0n) is 22.1. The Morgan fingerprint density at radius 1 is 1.12 bits per heavy atom. The van der Waals surface area contributed by atoms with Gasteiger partial charge in [0.25, 0.3) is 5.69 Å². The van der Waals surface area contributed by atoms with Crippen LogP contribution in [-0.4, -0.2) is 22.6 Å². The maximum absolute atomic E-state index is 13.4. The second-order valence-corrected chi connectivity index (χ2v) is 10.6. The molecule has 9 nitrogen and oxygen atoms in total. The second kappa shape index (κ2) is 13.2. The Hall–Kier alpha value is -4.59. The largest absolute Gasteiger partial charge is 0.457 e. The van der Waals surface area contributed by atoms with Gasteiger partial charge in [-0.15, -0.1) is 0 Å². The van der Waals surface area contributed by atoms with Crippen molar-refractivity contribution in [3.05, 3.63) is 126 Å². The first-order valence-electron chi connectivity index (χ1n) is 12.4. The number of carbonyl (C=O) groups is 2. The molecule has 4 rings (SSSR count). The topological polar surface area (TPSA) is 134 Å². The number of benzene rings is 3. The van der Waals surface area contributed by atoms with Crippen LogP contribution in [0.1, 0.15) is 29.5 Å². The summed E-state index contributed by atoms with van der Waals surface area (Å²) in [5.74, 6) is -1.74. The van der Waals surface area contributed by atoms with Gasteiger partial charge in [-0.2, -0.15) is 5.26 Å². The summed E-state index contributed by atoms with van der Waals surface area (Å²) in [6.07, 6.45) is 0. The van der Waals surface area contributed by atoms with Crippen molar-refractivity contribution >= 4 is 46.6 Å². The van der Waals surface area contributed by atoms with E-state index in [4.69, 9.17) is 16.3 Å². The number of dihydropyridines is 1. The first-order chi connectivity index (χ1) is 19.7. The fourth-order valence-corrected chi connectivity index (χ4v) is 5.33. The van der Waals surface area contributed by atoms with E-state index in [0.29, 0.717) is 32.6 Å². The molecule has 41 heavy (non-hydrogen) atoms. The minimum atomic E-state index is -0.746. The van der Waals surface area contributed by atoms with Crippen LogP contribution in [0.4, 0.5) is 11.4 Å². The van der Waals surface area contributed by atoms with Gasteiger partial charge < -0.3 is 15.4 Å². The summed E-state index contributed by atoms with van der Waals surface area (Å²) in [5.41, 5.74) is 3.46. The SMILES string of the molecule is CC1=C(C(=O)OCc2ccccc2)[C@@H](c2ccc(Cl)cc2)C(C#N)=C(SCC(=O)Nc2ccc([N+](=O)[O-])cc2C)N1. The van der Waals surface area contributed by atoms with Crippen LogP contribution in [0.15, 0.2) is 94.7 Å². The molecule has 0 unspecified atom stereocenters. The first-order valence-corrected chi connectivity index (χ1v) is 13.8. The molecule has 0 fully saturated rings. The third-order valence-corrected chi connectivity index (χ3v) is 7.60. The molecule has 0 saturated carbocycles. The number of esters is 1. The number of allylic oxidation sites excluding steroid dienone is 2. The van der Waals surface area contributed by atoms with Gasteiger partial charge in [-0.3, -0.25) is 14.9 Å². The van der Waals surface area contributed by atoms with Gasteiger partial charge in [-0.1, -0.05) is 65.8 Å². The van der Waals surface area contributed by atoms with Crippen molar-refractivity contribution in [1.29, 1.82) is 5.26 Å². The molecule has 2 N–H and O–H groups in total. The molecule has 0 saturated heterocycles. The number of nitro benzene ring substituents is 1. The zero-order chi connectivity index (χ0) is 29.5. The van der Waals surface area contributed by atoms with Gasteiger partial charge in [0.1, 0.15) is 6.61 Å². The molecule has 0 aromatic heterocycles. The highest BCUT2D eigenvalue weighted by atomic mass is 35.5. The monoisotopic (exact) mass is 588 g/mol. The number of nitriles is 1. The molecule has 1 aliphatic heterocycles. The molecule has 0 bridgehead atoms. The van der Waals surface area contributed by atoms with Gasteiger partial charge >= 0.3 is 5.97 Å². The van der Waals surface area contributed by atoms with Crippen LogP contribution < -0.4 is 10.6 Å². The summed E-state index contributed by atoms with van der Waals surface area (Å²) in [5, 5.41) is 28.0. The van der Waals surface area contributed by atoms with Crippen molar-refractivity contribution in [2.24, 2.45) is 0 Å². The van der Waals surface area contributed by atoms with Crippen molar-refractivity contribution in [3.8, 4) is 6.07 Å². The molecular weight excluding hydrogens is 564 g/mol. The molecule has 1 amide bonds. The van der Waals surface area contributed by atoms with Crippen LogP contribution in [0, 0.1) is 28.4 Å². The number of rotatable bonds is 9. The summed E-state index contributed by atoms with van der Waals surface area (Å²) >= 11 is 7.22.